The number of hydrogen-bond acceptors (Lipinski definition) is 3. The van der Waals surface area contributed by atoms with Gasteiger partial charge in [-0.2, -0.15) is 0 Å². The first-order valence-corrected chi connectivity index (χ1v) is 6.12. The molecule has 2 aromatic rings. The highest BCUT2D eigenvalue weighted by molar-refractivity contribution is 5.57. The monoisotopic (exact) mass is 260 g/mol. The van der Waals surface area contributed by atoms with Gasteiger partial charge in [-0.3, -0.25) is 4.79 Å². The average molecular weight is 260 g/mol. The molecule has 0 unspecified atom stereocenters. The summed E-state index contributed by atoms with van der Waals surface area (Å²) in [5.41, 5.74) is 1.26. The van der Waals surface area contributed by atoms with Crippen LogP contribution in [0.4, 0.5) is 4.39 Å². The second kappa shape index (κ2) is 4.50. The Morgan fingerprint density at radius 2 is 2.16 bits per heavy atom. The van der Waals surface area contributed by atoms with Crippen LogP contribution >= 0.6 is 0 Å². The molecule has 1 saturated carbocycles. The average Bonchev–Trinajstić information content (AvgIpc) is 3.23. The number of hydrogen-bond donors (Lipinski definition) is 1. The highest BCUT2D eigenvalue weighted by atomic mass is 19.1. The van der Waals surface area contributed by atoms with Crippen LogP contribution in [0.2, 0.25) is 0 Å². The lowest BCUT2D eigenvalue weighted by Gasteiger charge is -2.06. The molecule has 5 heteroatoms. The van der Waals surface area contributed by atoms with Gasteiger partial charge in [0.05, 0.1) is 12.8 Å². The van der Waals surface area contributed by atoms with Gasteiger partial charge in [0.15, 0.2) is 11.6 Å². The van der Waals surface area contributed by atoms with Crippen molar-refractivity contribution in [3.8, 4) is 17.1 Å². The molecule has 1 N–H and O–H groups in total. The number of benzene rings is 1. The quantitative estimate of drug-likeness (QED) is 0.922. The fourth-order valence-corrected chi connectivity index (χ4v) is 2.01. The Kier molecular flexibility index (Phi) is 2.81. The minimum absolute atomic E-state index is 0.136. The van der Waals surface area contributed by atoms with E-state index in [1.165, 1.54) is 25.3 Å². The number of rotatable bonds is 3. The Balaban J connectivity index is 2.08. The third kappa shape index (κ3) is 2.36. The first kappa shape index (κ1) is 11.9. The molecule has 98 valence electrons. The zero-order valence-corrected chi connectivity index (χ0v) is 10.4. The lowest BCUT2D eigenvalue weighted by Crippen LogP contribution is -2.10. The molecule has 0 aliphatic heterocycles. The maximum absolute atomic E-state index is 13.4. The number of H-pyrrole nitrogens is 1. The van der Waals surface area contributed by atoms with Crippen LogP contribution in [-0.4, -0.2) is 17.1 Å². The van der Waals surface area contributed by atoms with Crippen LogP contribution in [0.15, 0.2) is 29.1 Å². The molecular formula is C14H13FN2O2. The van der Waals surface area contributed by atoms with E-state index in [9.17, 15) is 9.18 Å². The Bertz CT molecular complexity index is 677. The van der Waals surface area contributed by atoms with E-state index in [1.807, 2.05) is 0 Å². The maximum Gasteiger partial charge on any atom is 0.251 e. The van der Waals surface area contributed by atoms with Crippen LogP contribution < -0.4 is 10.3 Å². The highest BCUT2D eigenvalue weighted by Gasteiger charge is 2.26. The number of nitrogens with zero attached hydrogens (tertiary/aromatic N) is 1. The van der Waals surface area contributed by atoms with E-state index >= 15 is 0 Å². The number of ether oxygens (including phenoxy) is 1. The predicted octanol–water partition coefficient (Wildman–Crippen LogP) is 2.46. The Morgan fingerprint density at radius 3 is 2.84 bits per heavy atom. The van der Waals surface area contributed by atoms with E-state index < -0.39 is 5.82 Å². The molecule has 0 saturated heterocycles. The Labute approximate surface area is 109 Å². The van der Waals surface area contributed by atoms with Crippen LogP contribution in [0.25, 0.3) is 11.4 Å². The summed E-state index contributed by atoms with van der Waals surface area (Å²) in [4.78, 5) is 18.7. The van der Waals surface area contributed by atoms with Crippen LogP contribution in [-0.2, 0) is 0 Å². The summed E-state index contributed by atoms with van der Waals surface area (Å²) in [7, 11) is 1.40. The molecule has 1 fully saturated rings. The minimum Gasteiger partial charge on any atom is -0.494 e. The first-order chi connectivity index (χ1) is 9.17. The topological polar surface area (TPSA) is 55.0 Å². The summed E-state index contributed by atoms with van der Waals surface area (Å²) < 4.78 is 18.3. The van der Waals surface area contributed by atoms with E-state index in [4.69, 9.17) is 4.74 Å². The standard InChI is InChI=1S/C14H13FN2O2/c1-19-12-6-9(4-5-10(12)15)14-16-11(8-2-3-8)7-13(18)17-14/h4-8H,2-3H2,1H3,(H,16,17,18). The molecule has 1 aliphatic carbocycles. The molecule has 3 rings (SSSR count). The smallest absolute Gasteiger partial charge is 0.251 e. The summed E-state index contributed by atoms with van der Waals surface area (Å²) in [6.45, 7) is 0. The van der Waals surface area contributed by atoms with Gasteiger partial charge in [-0.1, -0.05) is 0 Å². The number of methoxy groups -OCH3 is 1. The van der Waals surface area contributed by atoms with Crippen molar-refractivity contribution < 1.29 is 9.13 Å². The molecule has 0 amide bonds. The molecule has 1 heterocycles. The molecule has 0 bridgehead atoms. The summed E-state index contributed by atoms with van der Waals surface area (Å²) in [5, 5.41) is 0. The molecule has 0 atom stereocenters. The second-order valence-electron chi connectivity index (χ2n) is 4.64. The van der Waals surface area contributed by atoms with Crippen molar-refractivity contribution >= 4 is 0 Å². The van der Waals surface area contributed by atoms with Gasteiger partial charge in [-0.05, 0) is 31.0 Å². The zero-order chi connectivity index (χ0) is 13.4. The van der Waals surface area contributed by atoms with E-state index in [1.54, 1.807) is 6.07 Å². The van der Waals surface area contributed by atoms with Crippen LogP contribution in [0, 0.1) is 5.82 Å². The minimum atomic E-state index is -0.438. The zero-order valence-electron chi connectivity index (χ0n) is 10.4. The van der Waals surface area contributed by atoms with Gasteiger partial charge in [0, 0.05) is 17.5 Å². The molecule has 1 aromatic heterocycles. The van der Waals surface area contributed by atoms with Crippen molar-refractivity contribution in [2.45, 2.75) is 18.8 Å². The van der Waals surface area contributed by atoms with Crippen molar-refractivity contribution in [2.24, 2.45) is 0 Å². The number of aromatic amines is 1. The lowest BCUT2D eigenvalue weighted by molar-refractivity contribution is 0.386. The van der Waals surface area contributed by atoms with Gasteiger partial charge in [-0.15, -0.1) is 0 Å². The molecule has 0 spiro atoms. The van der Waals surface area contributed by atoms with Gasteiger partial charge >= 0.3 is 0 Å². The number of nitrogens with one attached hydrogen (secondary N) is 1. The van der Waals surface area contributed by atoms with Crippen molar-refractivity contribution in [3.05, 3.63) is 46.1 Å². The van der Waals surface area contributed by atoms with E-state index in [-0.39, 0.29) is 11.3 Å². The summed E-state index contributed by atoms with van der Waals surface area (Å²) >= 11 is 0. The second-order valence-corrected chi connectivity index (χ2v) is 4.64. The number of aromatic nitrogens is 2. The SMILES string of the molecule is COc1cc(-c2nc(C3CC3)cc(=O)[nH]2)ccc1F. The number of halogens is 1. The molecule has 4 nitrogen and oxygen atoms in total. The van der Waals surface area contributed by atoms with Crippen LogP contribution in [0.5, 0.6) is 5.75 Å². The lowest BCUT2D eigenvalue weighted by atomic mass is 10.2. The third-order valence-electron chi connectivity index (χ3n) is 3.18. The third-order valence-corrected chi connectivity index (χ3v) is 3.18. The Morgan fingerprint density at radius 1 is 1.37 bits per heavy atom. The van der Waals surface area contributed by atoms with Gasteiger partial charge in [0.2, 0.25) is 0 Å². The predicted molar refractivity (Wildman–Crippen MR) is 68.8 cm³/mol. The fraction of sp³-hybridized carbons (Fsp3) is 0.286. The Hall–Kier alpha value is -2.17. The first-order valence-electron chi connectivity index (χ1n) is 6.12. The van der Waals surface area contributed by atoms with Gasteiger partial charge in [0.1, 0.15) is 5.82 Å². The maximum atomic E-state index is 13.4. The fourth-order valence-electron chi connectivity index (χ4n) is 2.01. The molecular weight excluding hydrogens is 247 g/mol. The van der Waals surface area contributed by atoms with Gasteiger partial charge in [-0.25, -0.2) is 9.37 Å². The van der Waals surface area contributed by atoms with E-state index in [0.29, 0.717) is 17.3 Å². The van der Waals surface area contributed by atoms with Gasteiger partial charge < -0.3 is 9.72 Å². The van der Waals surface area contributed by atoms with Gasteiger partial charge in [0.25, 0.3) is 5.56 Å². The van der Waals surface area contributed by atoms with Crippen LogP contribution in [0.1, 0.15) is 24.5 Å². The van der Waals surface area contributed by atoms with Crippen molar-refractivity contribution in [1.29, 1.82) is 0 Å². The molecule has 19 heavy (non-hydrogen) atoms. The van der Waals surface area contributed by atoms with Crippen molar-refractivity contribution in [1.82, 2.24) is 9.97 Å². The molecule has 1 aromatic carbocycles. The van der Waals surface area contributed by atoms with E-state index in [0.717, 1.165) is 18.5 Å². The van der Waals surface area contributed by atoms with E-state index in [2.05, 4.69) is 9.97 Å². The largest absolute Gasteiger partial charge is 0.494 e. The van der Waals surface area contributed by atoms with Crippen LogP contribution in [0.3, 0.4) is 0 Å². The summed E-state index contributed by atoms with van der Waals surface area (Å²) in [5.74, 6) is 0.542. The molecule has 1 aliphatic rings. The van der Waals surface area contributed by atoms with Crippen molar-refractivity contribution in [2.75, 3.05) is 7.11 Å². The normalized spacial score (nSPS) is 14.4. The summed E-state index contributed by atoms with van der Waals surface area (Å²) in [6.07, 6.45) is 2.14. The summed E-state index contributed by atoms with van der Waals surface area (Å²) in [6, 6.07) is 5.94. The highest BCUT2D eigenvalue weighted by Crippen LogP contribution is 2.38. The van der Waals surface area contributed by atoms with Crippen molar-refractivity contribution in [3.63, 3.8) is 0 Å². The molecule has 0 radical (unpaired) electrons.